The highest BCUT2D eigenvalue weighted by atomic mass is 32.2. The lowest BCUT2D eigenvalue weighted by Gasteiger charge is -2.15. The standard InChI is InChI=1S/C7H9NO2S2/c1-2-10-6(9)7(5-8)11-3-4-12-7/h2-4H2,1H3. The molecule has 66 valence electrons. The van der Waals surface area contributed by atoms with Crippen molar-refractivity contribution in [1.29, 1.82) is 5.26 Å². The topological polar surface area (TPSA) is 50.1 Å². The van der Waals surface area contributed by atoms with Gasteiger partial charge in [-0.1, -0.05) is 0 Å². The largest absolute Gasteiger partial charge is 0.464 e. The van der Waals surface area contributed by atoms with E-state index in [-0.39, 0.29) is 0 Å². The van der Waals surface area contributed by atoms with Gasteiger partial charge in [0.15, 0.2) is 0 Å². The number of ether oxygens (including phenoxy) is 1. The Morgan fingerprint density at radius 3 is 2.67 bits per heavy atom. The van der Waals surface area contributed by atoms with Crippen molar-refractivity contribution in [3.63, 3.8) is 0 Å². The Balaban J connectivity index is 2.67. The Morgan fingerprint density at radius 1 is 1.67 bits per heavy atom. The number of carbonyl (C=O) groups is 1. The molecular weight excluding hydrogens is 194 g/mol. The number of hydrogen-bond acceptors (Lipinski definition) is 5. The molecule has 0 unspecified atom stereocenters. The summed E-state index contributed by atoms with van der Waals surface area (Å²) in [5, 5.41) is 8.82. The van der Waals surface area contributed by atoms with Crippen molar-refractivity contribution in [2.75, 3.05) is 18.1 Å². The van der Waals surface area contributed by atoms with E-state index in [0.29, 0.717) is 6.61 Å². The highest BCUT2D eigenvalue weighted by Gasteiger charge is 2.45. The number of carbonyl (C=O) groups excluding carboxylic acids is 1. The Labute approximate surface area is 79.8 Å². The van der Waals surface area contributed by atoms with E-state index < -0.39 is 10.0 Å². The molecule has 1 saturated heterocycles. The van der Waals surface area contributed by atoms with Crippen LogP contribution in [-0.4, -0.2) is 28.2 Å². The summed E-state index contributed by atoms with van der Waals surface area (Å²) in [7, 11) is 0. The molecule has 0 saturated carbocycles. The fraction of sp³-hybridized carbons (Fsp3) is 0.714. The first-order valence-electron chi connectivity index (χ1n) is 3.61. The second-order valence-corrected chi connectivity index (χ2v) is 5.02. The molecule has 1 aliphatic rings. The zero-order valence-corrected chi connectivity index (χ0v) is 8.33. The minimum Gasteiger partial charge on any atom is -0.464 e. The van der Waals surface area contributed by atoms with Crippen molar-refractivity contribution in [3.05, 3.63) is 0 Å². The lowest BCUT2D eigenvalue weighted by Crippen LogP contribution is -2.29. The van der Waals surface area contributed by atoms with Gasteiger partial charge < -0.3 is 4.74 Å². The highest BCUT2D eigenvalue weighted by molar-refractivity contribution is 8.22. The van der Waals surface area contributed by atoms with Gasteiger partial charge >= 0.3 is 5.97 Å². The van der Waals surface area contributed by atoms with Gasteiger partial charge in [-0.2, -0.15) is 5.26 Å². The Bertz CT molecular complexity index is 218. The smallest absolute Gasteiger partial charge is 0.347 e. The number of thioether (sulfide) groups is 2. The Hall–Kier alpha value is -0.340. The number of hydrogen-bond donors (Lipinski definition) is 0. The molecule has 0 spiro atoms. The molecule has 0 aromatic carbocycles. The molecular formula is C7H9NO2S2. The molecule has 0 radical (unpaired) electrons. The maximum Gasteiger partial charge on any atom is 0.347 e. The zero-order valence-electron chi connectivity index (χ0n) is 6.70. The van der Waals surface area contributed by atoms with Crippen LogP contribution in [0.5, 0.6) is 0 Å². The molecule has 0 atom stereocenters. The second kappa shape index (κ2) is 4.06. The molecule has 3 nitrogen and oxygen atoms in total. The van der Waals surface area contributed by atoms with Gasteiger partial charge in [0, 0.05) is 11.5 Å². The van der Waals surface area contributed by atoms with Crippen molar-refractivity contribution in [2.45, 2.75) is 11.0 Å². The summed E-state index contributed by atoms with van der Waals surface area (Å²) in [5.74, 6) is 1.29. The number of rotatable bonds is 2. The van der Waals surface area contributed by atoms with Crippen molar-refractivity contribution in [2.24, 2.45) is 0 Å². The van der Waals surface area contributed by atoms with E-state index in [2.05, 4.69) is 0 Å². The van der Waals surface area contributed by atoms with Crippen LogP contribution < -0.4 is 0 Å². The zero-order chi connectivity index (χ0) is 9.03. The molecule has 1 heterocycles. The number of nitriles is 1. The summed E-state index contributed by atoms with van der Waals surface area (Å²) < 4.78 is 3.84. The van der Waals surface area contributed by atoms with Crippen LogP contribution in [0.1, 0.15) is 6.92 Å². The average Bonchev–Trinajstić information content (AvgIpc) is 2.54. The van der Waals surface area contributed by atoms with Gasteiger partial charge in [-0.25, -0.2) is 4.79 Å². The van der Waals surface area contributed by atoms with Crippen LogP contribution in [0.3, 0.4) is 0 Å². The minimum absolute atomic E-state index is 0.337. The second-order valence-electron chi connectivity index (χ2n) is 2.15. The maximum atomic E-state index is 11.3. The van der Waals surface area contributed by atoms with Gasteiger partial charge in [-0.3, -0.25) is 0 Å². The van der Waals surface area contributed by atoms with Crippen LogP contribution in [0.25, 0.3) is 0 Å². The summed E-state index contributed by atoms with van der Waals surface area (Å²) in [5.41, 5.74) is 0. The normalized spacial score (nSPS) is 20.0. The van der Waals surface area contributed by atoms with Crippen molar-refractivity contribution >= 4 is 29.5 Å². The lowest BCUT2D eigenvalue weighted by atomic mass is 10.4. The number of esters is 1. The molecule has 0 N–H and O–H groups in total. The molecule has 0 aromatic rings. The molecule has 1 aliphatic heterocycles. The van der Waals surface area contributed by atoms with Crippen LogP contribution in [0.4, 0.5) is 0 Å². The molecule has 1 fully saturated rings. The monoisotopic (exact) mass is 203 g/mol. The number of nitrogens with zero attached hydrogens (tertiary/aromatic N) is 1. The summed E-state index contributed by atoms with van der Waals surface area (Å²) in [6.45, 7) is 2.08. The van der Waals surface area contributed by atoms with Crippen LogP contribution in [0, 0.1) is 11.3 Å². The van der Waals surface area contributed by atoms with Crippen LogP contribution in [-0.2, 0) is 9.53 Å². The fourth-order valence-corrected chi connectivity index (χ4v) is 3.42. The SMILES string of the molecule is CCOC(=O)C1(C#N)SCCS1. The molecule has 0 bridgehead atoms. The maximum absolute atomic E-state index is 11.3. The summed E-state index contributed by atoms with van der Waals surface area (Å²) in [4.78, 5) is 11.3. The molecule has 5 heteroatoms. The van der Waals surface area contributed by atoms with Crippen LogP contribution in [0.2, 0.25) is 0 Å². The van der Waals surface area contributed by atoms with Gasteiger partial charge in [0.2, 0.25) is 4.08 Å². The van der Waals surface area contributed by atoms with E-state index in [9.17, 15) is 4.79 Å². The van der Waals surface area contributed by atoms with Gasteiger partial charge in [-0.05, 0) is 6.92 Å². The van der Waals surface area contributed by atoms with Crippen molar-refractivity contribution in [3.8, 4) is 6.07 Å². The summed E-state index contributed by atoms with van der Waals surface area (Å²) >= 11 is 2.73. The predicted octanol–water partition coefficient (Wildman–Crippen LogP) is 1.25. The molecule has 0 aliphatic carbocycles. The first kappa shape index (κ1) is 9.75. The Kier molecular flexibility index (Phi) is 3.29. The van der Waals surface area contributed by atoms with E-state index >= 15 is 0 Å². The highest BCUT2D eigenvalue weighted by Crippen LogP contribution is 2.44. The predicted molar refractivity (Wildman–Crippen MR) is 49.9 cm³/mol. The lowest BCUT2D eigenvalue weighted by molar-refractivity contribution is -0.142. The first-order chi connectivity index (χ1) is 5.75. The third-order valence-corrected chi connectivity index (χ3v) is 4.50. The van der Waals surface area contributed by atoms with Gasteiger partial charge in [0.25, 0.3) is 0 Å². The van der Waals surface area contributed by atoms with Gasteiger partial charge in [0.1, 0.15) is 6.07 Å². The summed E-state index contributed by atoms with van der Waals surface area (Å²) in [6.07, 6.45) is 0. The molecule has 1 rings (SSSR count). The van der Waals surface area contributed by atoms with Gasteiger partial charge in [0.05, 0.1) is 6.61 Å². The molecule has 12 heavy (non-hydrogen) atoms. The molecule has 0 aromatic heterocycles. The van der Waals surface area contributed by atoms with Crippen molar-refractivity contribution in [1.82, 2.24) is 0 Å². The van der Waals surface area contributed by atoms with Crippen molar-refractivity contribution < 1.29 is 9.53 Å². The van der Waals surface area contributed by atoms with E-state index in [1.165, 1.54) is 23.5 Å². The third kappa shape index (κ3) is 1.70. The quantitative estimate of drug-likeness (QED) is 0.632. The van der Waals surface area contributed by atoms with E-state index in [4.69, 9.17) is 10.00 Å². The van der Waals surface area contributed by atoms with E-state index in [0.717, 1.165) is 11.5 Å². The Morgan fingerprint density at radius 2 is 2.25 bits per heavy atom. The van der Waals surface area contributed by atoms with Crippen LogP contribution >= 0.6 is 23.5 Å². The molecule has 0 amide bonds. The average molecular weight is 203 g/mol. The minimum atomic E-state index is -0.976. The van der Waals surface area contributed by atoms with Gasteiger partial charge in [-0.15, -0.1) is 23.5 Å². The third-order valence-electron chi connectivity index (χ3n) is 1.39. The first-order valence-corrected chi connectivity index (χ1v) is 5.58. The van der Waals surface area contributed by atoms with E-state index in [1.807, 2.05) is 6.07 Å². The van der Waals surface area contributed by atoms with E-state index in [1.54, 1.807) is 6.92 Å². The van der Waals surface area contributed by atoms with Crippen LogP contribution in [0.15, 0.2) is 0 Å². The summed E-state index contributed by atoms with van der Waals surface area (Å²) in [6, 6.07) is 2.01. The fourth-order valence-electron chi connectivity index (χ4n) is 0.867.